The van der Waals surface area contributed by atoms with Gasteiger partial charge in [-0.1, -0.05) is 36.4 Å². The monoisotopic (exact) mass is 342 g/mol. The van der Waals surface area contributed by atoms with Crippen molar-refractivity contribution in [2.45, 2.75) is 44.7 Å². The first-order valence-electron chi connectivity index (χ1n) is 8.68. The zero-order valence-electron chi connectivity index (χ0n) is 14.5. The first-order valence-corrected chi connectivity index (χ1v) is 9.56. The lowest BCUT2D eigenvalue weighted by Crippen LogP contribution is -2.50. The van der Waals surface area contributed by atoms with Gasteiger partial charge in [0, 0.05) is 23.5 Å². The third kappa shape index (κ3) is 3.87. The van der Waals surface area contributed by atoms with Gasteiger partial charge in [-0.15, -0.1) is 11.3 Å². The average Bonchev–Trinajstić information content (AvgIpc) is 3.24. The summed E-state index contributed by atoms with van der Waals surface area (Å²) < 4.78 is 0. The zero-order valence-corrected chi connectivity index (χ0v) is 15.3. The summed E-state index contributed by atoms with van der Waals surface area (Å²) in [5.41, 5.74) is 1.38. The van der Waals surface area contributed by atoms with E-state index < -0.39 is 0 Å². The highest BCUT2D eigenvalue weighted by Gasteiger charge is 2.36. The number of hydrogen-bond acceptors (Lipinski definition) is 3. The van der Waals surface area contributed by atoms with Crippen molar-refractivity contribution < 1.29 is 4.79 Å². The van der Waals surface area contributed by atoms with Gasteiger partial charge in [0.2, 0.25) is 5.91 Å². The number of thiophene rings is 1. The molecule has 0 aliphatic carbocycles. The molecular formula is C20H26N2OS. The van der Waals surface area contributed by atoms with Crippen LogP contribution in [-0.4, -0.2) is 29.4 Å². The van der Waals surface area contributed by atoms with Crippen LogP contribution in [0.2, 0.25) is 0 Å². The molecular weight excluding hydrogens is 316 g/mol. The zero-order chi connectivity index (χ0) is 17.0. The van der Waals surface area contributed by atoms with Gasteiger partial charge in [0.1, 0.15) is 0 Å². The predicted molar refractivity (Wildman–Crippen MR) is 100 cm³/mol. The van der Waals surface area contributed by atoms with Crippen molar-refractivity contribution in [2.24, 2.45) is 0 Å². The minimum atomic E-state index is -0.0717. The topological polar surface area (TPSA) is 32.3 Å². The van der Waals surface area contributed by atoms with E-state index in [1.807, 2.05) is 24.4 Å². The molecule has 0 radical (unpaired) electrons. The second-order valence-electron chi connectivity index (χ2n) is 6.96. The molecule has 1 N–H and O–H groups in total. The molecule has 1 amide bonds. The Balaban J connectivity index is 1.59. The average molecular weight is 343 g/mol. The number of hydrogen-bond donors (Lipinski definition) is 1. The lowest BCUT2D eigenvalue weighted by Gasteiger charge is -2.36. The van der Waals surface area contributed by atoms with Gasteiger partial charge in [-0.3, -0.25) is 9.69 Å². The number of carbonyl (C=O) groups is 1. The SMILES string of the molecule is C[C@H](C(=O)NC[C@]1(C)CCCN1Cc1ccccc1)c1cccs1. The molecule has 2 heterocycles. The van der Waals surface area contributed by atoms with Crippen molar-refractivity contribution in [2.75, 3.05) is 13.1 Å². The molecule has 1 aliphatic rings. The highest BCUT2D eigenvalue weighted by Crippen LogP contribution is 2.30. The van der Waals surface area contributed by atoms with E-state index >= 15 is 0 Å². The van der Waals surface area contributed by atoms with Crippen LogP contribution in [0.3, 0.4) is 0 Å². The van der Waals surface area contributed by atoms with Gasteiger partial charge in [-0.2, -0.15) is 0 Å². The van der Waals surface area contributed by atoms with Crippen molar-refractivity contribution in [3.8, 4) is 0 Å². The van der Waals surface area contributed by atoms with Crippen molar-refractivity contribution in [1.29, 1.82) is 0 Å². The lowest BCUT2D eigenvalue weighted by atomic mass is 9.97. The van der Waals surface area contributed by atoms with E-state index in [2.05, 4.69) is 47.5 Å². The van der Waals surface area contributed by atoms with Gasteiger partial charge in [0.15, 0.2) is 0 Å². The first-order chi connectivity index (χ1) is 11.6. The predicted octanol–water partition coefficient (Wildman–Crippen LogP) is 4.02. The summed E-state index contributed by atoms with van der Waals surface area (Å²) in [6.45, 7) is 7.03. The summed E-state index contributed by atoms with van der Waals surface area (Å²) in [7, 11) is 0. The molecule has 0 bridgehead atoms. The molecule has 0 saturated carbocycles. The molecule has 0 spiro atoms. The van der Waals surface area contributed by atoms with Gasteiger partial charge in [0.05, 0.1) is 5.92 Å². The molecule has 2 aromatic rings. The summed E-state index contributed by atoms with van der Waals surface area (Å²) in [4.78, 5) is 16.1. The van der Waals surface area contributed by atoms with Gasteiger partial charge < -0.3 is 5.32 Å². The van der Waals surface area contributed by atoms with E-state index in [1.165, 1.54) is 12.0 Å². The van der Waals surface area contributed by atoms with Crippen LogP contribution < -0.4 is 5.32 Å². The van der Waals surface area contributed by atoms with E-state index in [4.69, 9.17) is 0 Å². The van der Waals surface area contributed by atoms with E-state index in [1.54, 1.807) is 11.3 Å². The number of nitrogens with one attached hydrogen (secondary N) is 1. The van der Waals surface area contributed by atoms with Crippen molar-refractivity contribution in [3.63, 3.8) is 0 Å². The minimum absolute atomic E-state index is 0.0423. The maximum absolute atomic E-state index is 12.5. The van der Waals surface area contributed by atoms with Gasteiger partial charge in [0.25, 0.3) is 0 Å². The van der Waals surface area contributed by atoms with Crippen LogP contribution in [0, 0.1) is 0 Å². The van der Waals surface area contributed by atoms with Crippen LogP contribution in [-0.2, 0) is 11.3 Å². The summed E-state index contributed by atoms with van der Waals surface area (Å²) in [5.74, 6) is 0.0582. The van der Waals surface area contributed by atoms with Crippen molar-refractivity contribution in [1.82, 2.24) is 10.2 Å². The fourth-order valence-electron chi connectivity index (χ4n) is 3.45. The van der Waals surface area contributed by atoms with Crippen LogP contribution in [0.1, 0.15) is 43.0 Å². The molecule has 0 unspecified atom stereocenters. The van der Waals surface area contributed by atoms with Crippen LogP contribution in [0.5, 0.6) is 0 Å². The number of likely N-dealkylation sites (tertiary alicyclic amines) is 1. The first kappa shape index (κ1) is 17.2. The van der Waals surface area contributed by atoms with Crippen molar-refractivity contribution >= 4 is 17.2 Å². The van der Waals surface area contributed by atoms with Crippen LogP contribution >= 0.6 is 11.3 Å². The molecule has 24 heavy (non-hydrogen) atoms. The standard InChI is InChI=1S/C20H26N2OS/c1-16(18-10-6-13-24-18)19(23)21-15-20(2)11-7-12-22(20)14-17-8-4-3-5-9-17/h3-6,8-10,13,16H,7,11-12,14-15H2,1-2H3,(H,21,23)/t16-,20-/m0/s1. The second kappa shape index (κ2) is 7.49. The van der Waals surface area contributed by atoms with Crippen LogP contribution in [0.25, 0.3) is 0 Å². The van der Waals surface area contributed by atoms with Crippen molar-refractivity contribution in [3.05, 3.63) is 58.3 Å². The second-order valence-corrected chi connectivity index (χ2v) is 7.94. The highest BCUT2D eigenvalue weighted by atomic mass is 32.1. The normalized spacial score (nSPS) is 22.4. The minimum Gasteiger partial charge on any atom is -0.354 e. The summed E-state index contributed by atoms with van der Waals surface area (Å²) in [5, 5.41) is 5.22. The summed E-state index contributed by atoms with van der Waals surface area (Å²) in [6, 6.07) is 14.6. The van der Waals surface area contributed by atoms with E-state index in [0.717, 1.165) is 24.4 Å². The van der Waals surface area contributed by atoms with Crippen LogP contribution in [0.4, 0.5) is 0 Å². The van der Waals surface area contributed by atoms with E-state index in [0.29, 0.717) is 6.54 Å². The van der Waals surface area contributed by atoms with Gasteiger partial charge >= 0.3 is 0 Å². The highest BCUT2D eigenvalue weighted by molar-refractivity contribution is 7.10. The fraction of sp³-hybridized carbons (Fsp3) is 0.450. The molecule has 1 aliphatic heterocycles. The molecule has 128 valence electrons. The Bertz CT molecular complexity index is 656. The number of rotatable bonds is 6. The Morgan fingerprint density at radius 2 is 2.08 bits per heavy atom. The number of carbonyl (C=O) groups excluding carboxylic acids is 1. The molecule has 2 atom stereocenters. The number of amides is 1. The Morgan fingerprint density at radius 1 is 1.29 bits per heavy atom. The number of benzene rings is 1. The molecule has 1 saturated heterocycles. The molecule has 3 rings (SSSR count). The molecule has 1 aromatic heterocycles. The Labute approximate surface area is 148 Å². The largest absolute Gasteiger partial charge is 0.354 e. The summed E-state index contributed by atoms with van der Waals surface area (Å²) >= 11 is 1.65. The molecule has 4 heteroatoms. The Morgan fingerprint density at radius 3 is 2.79 bits per heavy atom. The molecule has 1 fully saturated rings. The summed E-state index contributed by atoms with van der Waals surface area (Å²) in [6.07, 6.45) is 2.33. The molecule has 3 nitrogen and oxygen atoms in total. The molecule has 1 aromatic carbocycles. The smallest absolute Gasteiger partial charge is 0.228 e. The lowest BCUT2D eigenvalue weighted by molar-refractivity contribution is -0.122. The Hall–Kier alpha value is -1.65. The third-order valence-corrected chi connectivity index (χ3v) is 6.18. The third-order valence-electron chi connectivity index (χ3n) is 5.13. The van der Waals surface area contributed by atoms with Gasteiger partial charge in [-0.05, 0) is 50.2 Å². The fourth-order valence-corrected chi connectivity index (χ4v) is 4.23. The quantitative estimate of drug-likeness (QED) is 0.860. The van der Waals surface area contributed by atoms with E-state index in [-0.39, 0.29) is 17.4 Å². The van der Waals surface area contributed by atoms with Gasteiger partial charge in [-0.25, -0.2) is 0 Å². The maximum atomic E-state index is 12.5. The number of nitrogens with zero attached hydrogens (tertiary/aromatic N) is 1. The maximum Gasteiger partial charge on any atom is 0.228 e. The van der Waals surface area contributed by atoms with E-state index in [9.17, 15) is 4.79 Å². The van der Waals surface area contributed by atoms with Crippen LogP contribution in [0.15, 0.2) is 47.8 Å². The Kier molecular flexibility index (Phi) is 5.36.